The molecule has 0 fully saturated rings. The Bertz CT molecular complexity index is 832. The van der Waals surface area contributed by atoms with E-state index in [0.29, 0.717) is 18.5 Å². The Balaban J connectivity index is 3.11. The summed E-state index contributed by atoms with van der Waals surface area (Å²) in [4.78, 5) is 51.8. The Labute approximate surface area is 208 Å². The molecule has 0 heterocycles. The Morgan fingerprint density at radius 3 is 2.23 bits per heavy atom. The van der Waals surface area contributed by atoms with E-state index >= 15 is 0 Å². The van der Waals surface area contributed by atoms with E-state index in [1.165, 1.54) is 4.90 Å². The third kappa shape index (κ3) is 11.7. The van der Waals surface area contributed by atoms with Crippen molar-refractivity contribution in [3.63, 3.8) is 0 Å². The molecular weight excluding hydrogens is 450 g/mol. The lowest BCUT2D eigenvalue weighted by Crippen LogP contribution is -2.48. The van der Waals surface area contributed by atoms with Crippen LogP contribution in [0.25, 0.3) is 0 Å². The Morgan fingerprint density at radius 2 is 1.66 bits per heavy atom. The van der Waals surface area contributed by atoms with Crippen molar-refractivity contribution in [2.24, 2.45) is 0 Å². The maximum absolute atomic E-state index is 13.3. The van der Waals surface area contributed by atoms with Crippen LogP contribution < -0.4 is 10.6 Å². The van der Waals surface area contributed by atoms with Crippen LogP contribution in [0.15, 0.2) is 24.3 Å². The molecule has 0 bridgehead atoms. The number of carbonyl (C=O) groups excluding carboxylic acids is 4. The van der Waals surface area contributed by atoms with E-state index in [0.717, 1.165) is 18.4 Å². The molecule has 2 N–H and O–H groups in total. The minimum atomic E-state index is -0.914. The molecule has 1 unspecified atom stereocenters. The van der Waals surface area contributed by atoms with Crippen molar-refractivity contribution in [1.29, 1.82) is 0 Å². The van der Waals surface area contributed by atoms with Gasteiger partial charge in [0.05, 0.1) is 13.0 Å². The minimum absolute atomic E-state index is 0.0319. The fourth-order valence-electron chi connectivity index (χ4n) is 3.33. The van der Waals surface area contributed by atoms with Crippen LogP contribution >= 0.6 is 0 Å². The van der Waals surface area contributed by atoms with Gasteiger partial charge in [-0.2, -0.15) is 0 Å². The number of unbranched alkanes of at least 4 members (excludes halogenated alkanes) is 2. The molecule has 0 saturated carbocycles. The van der Waals surface area contributed by atoms with Crippen molar-refractivity contribution in [1.82, 2.24) is 15.5 Å². The summed E-state index contributed by atoms with van der Waals surface area (Å²) in [5.74, 6) is -1.21. The maximum atomic E-state index is 13.3. The fourth-order valence-corrected chi connectivity index (χ4v) is 3.33. The van der Waals surface area contributed by atoms with Gasteiger partial charge in [-0.3, -0.25) is 14.4 Å². The van der Waals surface area contributed by atoms with Gasteiger partial charge >= 0.3 is 12.1 Å². The van der Waals surface area contributed by atoms with Gasteiger partial charge in [-0.05, 0) is 46.6 Å². The predicted octanol–water partition coefficient (Wildman–Crippen LogP) is 3.65. The molecule has 9 nitrogen and oxygen atoms in total. The normalized spacial score (nSPS) is 11.8. The first kappa shape index (κ1) is 29.9. The number of carbonyl (C=O) groups is 4. The molecule has 1 aromatic rings. The van der Waals surface area contributed by atoms with Crippen LogP contribution in [0.1, 0.15) is 77.5 Å². The smallest absolute Gasteiger partial charge is 0.408 e. The number of benzene rings is 1. The summed E-state index contributed by atoms with van der Waals surface area (Å²) in [5, 5.41) is 5.25. The second-order valence-corrected chi connectivity index (χ2v) is 9.31. The monoisotopic (exact) mass is 491 g/mol. The number of alkyl carbamates (subject to hydrolysis) is 1. The number of aryl methyl sites for hydroxylation is 1. The largest absolute Gasteiger partial charge is 0.466 e. The van der Waals surface area contributed by atoms with Crippen molar-refractivity contribution >= 4 is 23.9 Å². The van der Waals surface area contributed by atoms with E-state index in [4.69, 9.17) is 9.47 Å². The second-order valence-electron chi connectivity index (χ2n) is 9.31. The topological polar surface area (TPSA) is 114 Å². The SMILES string of the molecule is CCCCCN(C(=O)CNC(=O)OC(C)(C)C)C(C(=O)NCCC(=O)OCC)c1ccc(C)cc1. The first-order chi connectivity index (χ1) is 16.5. The summed E-state index contributed by atoms with van der Waals surface area (Å²) in [6.45, 7) is 11.3. The lowest BCUT2D eigenvalue weighted by atomic mass is 10.0. The zero-order chi connectivity index (χ0) is 26.4. The fraction of sp³-hybridized carbons (Fsp3) is 0.615. The molecule has 0 aliphatic rings. The summed E-state index contributed by atoms with van der Waals surface area (Å²) in [5.41, 5.74) is 0.967. The molecule has 9 heteroatoms. The van der Waals surface area contributed by atoms with Crippen LogP contribution in [0.5, 0.6) is 0 Å². The molecule has 1 atom stereocenters. The molecule has 0 saturated heterocycles. The molecule has 0 aliphatic heterocycles. The van der Waals surface area contributed by atoms with Crippen LogP contribution in [-0.2, 0) is 23.9 Å². The standard InChI is InChI=1S/C26H41N3O6/c1-7-9-10-17-29(21(30)18-28-25(33)35-26(4,5)6)23(20-13-11-19(3)12-14-20)24(32)27-16-15-22(31)34-8-2/h11-14,23H,7-10,15-18H2,1-6H3,(H,27,32)(H,28,33). The van der Waals surface area contributed by atoms with Gasteiger partial charge in [0.1, 0.15) is 18.2 Å². The zero-order valence-corrected chi connectivity index (χ0v) is 21.9. The molecule has 0 spiro atoms. The highest BCUT2D eigenvalue weighted by Gasteiger charge is 2.31. The third-order valence-corrected chi connectivity index (χ3v) is 4.99. The molecule has 35 heavy (non-hydrogen) atoms. The van der Waals surface area contributed by atoms with Crippen LogP contribution in [-0.4, -0.2) is 60.6 Å². The number of nitrogens with one attached hydrogen (secondary N) is 2. The Hall–Kier alpha value is -3.10. The van der Waals surface area contributed by atoms with E-state index in [1.807, 2.05) is 31.2 Å². The van der Waals surface area contributed by atoms with Gasteiger partial charge in [0.15, 0.2) is 0 Å². The Kier molecular flexibility index (Phi) is 12.8. The quantitative estimate of drug-likeness (QED) is 0.322. The summed E-state index contributed by atoms with van der Waals surface area (Å²) < 4.78 is 10.1. The van der Waals surface area contributed by atoms with Crippen LogP contribution in [0.2, 0.25) is 0 Å². The molecule has 1 rings (SSSR count). The number of rotatable bonds is 13. The highest BCUT2D eigenvalue weighted by molar-refractivity contribution is 5.90. The Morgan fingerprint density at radius 1 is 1.00 bits per heavy atom. The summed E-state index contributed by atoms with van der Waals surface area (Å²) in [6, 6.07) is 6.46. The van der Waals surface area contributed by atoms with Crippen molar-refractivity contribution in [3.8, 4) is 0 Å². The number of amides is 3. The average molecular weight is 492 g/mol. The first-order valence-electron chi connectivity index (χ1n) is 12.2. The molecular formula is C26H41N3O6. The number of esters is 1. The highest BCUT2D eigenvalue weighted by Crippen LogP contribution is 2.23. The van der Waals surface area contributed by atoms with Gasteiger partial charge in [0.2, 0.25) is 11.8 Å². The van der Waals surface area contributed by atoms with Crippen LogP contribution in [0.4, 0.5) is 4.79 Å². The highest BCUT2D eigenvalue weighted by atomic mass is 16.6. The van der Waals surface area contributed by atoms with E-state index < -0.39 is 35.5 Å². The van der Waals surface area contributed by atoms with Crippen molar-refractivity contribution in [3.05, 3.63) is 35.4 Å². The lowest BCUT2D eigenvalue weighted by molar-refractivity contribution is -0.143. The zero-order valence-electron chi connectivity index (χ0n) is 21.9. The number of ether oxygens (including phenoxy) is 2. The van der Waals surface area contributed by atoms with Crippen LogP contribution in [0.3, 0.4) is 0 Å². The van der Waals surface area contributed by atoms with Crippen molar-refractivity contribution in [2.75, 3.05) is 26.2 Å². The molecule has 196 valence electrons. The second kappa shape index (κ2) is 15.0. The van der Waals surface area contributed by atoms with Gasteiger partial charge in [-0.25, -0.2) is 4.79 Å². The maximum Gasteiger partial charge on any atom is 0.408 e. The summed E-state index contributed by atoms with van der Waals surface area (Å²) in [6.07, 6.45) is 1.86. The first-order valence-corrected chi connectivity index (χ1v) is 12.2. The van der Waals surface area contributed by atoms with Gasteiger partial charge in [0, 0.05) is 13.1 Å². The predicted molar refractivity (Wildman–Crippen MR) is 134 cm³/mol. The van der Waals surface area contributed by atoms with E-state index in [1.54, 1.807) is 27.7 Å². The van der Waals surface area contributed by atoms with Crippen molar-refractivity contribution < 1.29 is 28.7 Å². The minimum Gasteiger partial charge on any atom is -0.466 e. The molecule has 3 amide bonds. The number of hydrogen-bond acceptors (Lipinski definition) is 6. The molecule has 0 aromatic heterocycles. The molecule has 0 radical (unpaired) electrons. The molecule has 0 aliphatic carbocycles. The average Bonchev–Trinajstić information content (AvgIpc) is 2.77. The van der Waals surface area contributed by atoms with Crippen LogP contribution in [0, 0.1) is 6.92 Å². The van der Waals surface area contributed by atoms with Gasteiger partial charge < -0.3 is 25.0 Å². The van der Waals surface area contributed by atoms with Gasteiger partial charge in [-0.15, -0.1) is 0 Å². The van der Waals surface area contributed by atoms with E-state index in [9.17, 15) is 19.2 Å². The lowest BCUT2D eigenvalue weighted by Gasteiger charge is -2.32. The van der Waals surface area contributed by atoms with E-state index in [-0.39, 0.29) is 26.1 Å². The summed E-state index contributed by atoms with van der Waals surface area (Å²) >= 11 is 0. The number of hydrogen-bond donors (Lipinski definition) is 2. The van der Waals surface area contributed by atoms with E-state index in [2.05, 4.69) is 17.6 Å². The molecule has 1 aromatic carbocycles. The van der Waals surface area contributed by atoms with Gasteiger partial charge in [0.25, 0.3) is 0 Å². The summed E-state index contributed by atoms with van der Waals surface area (Å²) in [7, 11) is 0. The van der Waals surface area contributed by atoms with Crippen molar-refractivity contribution in [2.45, 2.75) is 78.9 Å². The van der Waals surface area contributed by atoms with Gasteiger partial charge in [-0.1, -0.05) is 49.6 Å². The third-order valence-electron chi connectivity index (χ3n) is 4.99. The number of nitrogens with zero attached hydrogens (tertiary/aromatic N) is 1.